The average Bonchev–Trinajstić information content (AvgIpc) is 2.87. The second-order valence-corrected chi connectivity index (χ2v) is 5.78. The van der Waals surface area contributed by atoms with Crippen molar-refractivity contribution < 1.29 is 4.79 Å². The Balaban J connectivity index is 2.01. The van der Waals surface area contributed by atoms with Gasteiger partial charge >= 0.3 is 0 Å². The molecule has 0 aromatic heterocycles. The van der Waals surface area contributed by atoms with Gasteiger partial charge in [-0.25, -0.2) is 0 Å². The lowest BCUT2D eigenvalue weighted by molar-refractivity contribution is -0.132. The van der Waals surface area contributed by atoms with Crippen molar-refractivity contribution in [2.45, 2.75) is 57.9 Å². The predicted molar refractivity (Wildman–Crippen MR) is 65.2 cm³/mol. The Kier molecular flexibility index (Phi) is 3.24. The van der Waals surface area contributed by atoms with Crippen LogP contribution in [0.15, 0.2) is 0 Å². The van der Waals surface area contributed by atoms with Crippen LogP contribution in [0, 0.1) is 5.41 Å². The molecule has 1 amide bonds. The van der Waals surface area contributed by atoms with Crippen LogP contribution in [0.2, 0.25) is 0 Å². The van der Waals surface area contributed by atoms with Crippen molar-refractivity contribution in [3.63, 3.8) is 0 Å². The maximum absolute atomic E-state index is 12.4. The molecule has 3 nitrogen and oxygen atoms in total. The molecule has 1 unspecified atom stereocenters. The van der Waals surface area contributed by atoms with Crippen LogP contribution in [0.5, 0.6) is 0 Å². The SMILES string of the molecule is CCC1(C(=O)NC2(C)CCNC2)CCCC1. The van der Waals surface area contributed by atoms with Gasteiger partial charge in [0.05, 0.1) is 5.54 Å². The van der Waals surface area contributed by atoms with Crippen LogP contribution in [0.25, 0.3) is 0 Å². The summed E-state index contributed by atoms with van der Waals surface area (Å²) in [6.45, 7) is 6.25. The summed E-state index contributed by atoms with van der Waals surface area (Å²) < 4.78 is 0. The van der Waals surface area contributed by atoms with E-state index in [1.807, 2.05) is 0 Å². The van der Waals surface area contributed by atoms with Crippen LogP contribution in [-0.2, 0) is 4.79 Å². The summed E-state index contributed by atoms with van der Waals surface area (Å²) in [6.07, 6.45) is 6.64. The molecule has 1 aliphatic carbocycles. The van der Waals surface area contributed by atoms with Crippen LogP contribution < -0.4 is 10.6 Å². The van der Waals surface area contributed by atoms with E-state index in [2.05, 4.69) is 24.5 Å². The van der Waals surface area contributed by atoms with Crippen molar-refractivity contribution in [2.75, 3.05) is 13.1 Å². The first-order chi connectivity index (χ1) is 7.60. The standard InChI is InChI=1S/C13H24N2O/c1-3-13(6-4-5-7-13)11(16)15-12(2)8-9-14-10-12/h14H,3-10H2,1-2H3,(H,15,16). The molecule has 0 bridgehead atoms. The highest BCUT2D eigenvalue weighted by molar-refractivity contribution is 5.83. The van der Waals surface area contributed by atoms with E-state index in [4.69, 9.17) is 0 Å². The molecular formula is C13H24N2O. The first-order valence-electron chi connectivity index (χ1n) is 6.64. The lowest BCUT2D eigenvalue weighted by Gasteiger charge is -2.32. The Bertz CT molecular complexity index is 263. The maximum Gasteiger partial charge on any atom is 0.226 e. The normalized spacial score (nSPS) is 32.9. The van der Waals surface area contributed by atoms with E-state index in [-0.39, 0.29) is 11.0 Å². The fourth-order valence-corrected chi connectivity index (χ4v) is 3.12. The summed E-state index contributed by atoms with van der Waals surface area (Å²) in [5.41, 5.74) is -0.0621. The molecule has 2 fully saturated rings. The molecule has 0 radical (unpaired) electrons. The highest BCUT2D eigenvalue weighted by Crippen LogP contribution is 2.41. The number of amides is 1. The van der Waals surface area contributed by atoms with Gasteiger partial charge in [0.1, 0.15) is 0 Å². The smallest absolute Gasteiger partial charge is 0.226 e. The Hall–Kier alpha value is -0.570. The van der Waals surface area contributed by atoms with E-state index in [1.165, 1.54) is 12.8 Å². The van der Waals surface area contributed by atoms with Crippen molar-refractivity contribution in [3.8, 4) is 0 Å². The van der Waals surface area contributed by atoms with Crippen molar-refractivity contribution in [2.24, 2.45) is 5.41 Å². The summed E-state index contributed by atoms with van der Waals surface area (Å²) in [5.74, 6) is 0.304. The molecular weight excluding hydrogens is 200 g/mol. The van der Waals surface area contributed by atoms with Crippen LogP contribution in [-0.4, -0.2) is 24.5 Å². The van der Waals surface area contributed by atoms with E-state index in [0.29, 0.717) is 5.91 Å². The van der Waals surface area contributed by atoms with E-state index >= 15 is 0 Å². The number of carbonyl (C=O) groups is 1. The minimum Gasteiger partial charge on any atom is -0.349 e. The Morgan fingerprint density at radius 2 is 2.00 bits per heavy atom. The molecule has 0 spiro atoms. The quantitative estimate of drug-likeness (QED) is 0.768. The fraction of sp³-hybridized carbons (Fsp3) is 0.923. The lowest BCUT2D eigenvalue weighted by Crippen LogP contribution is -2.52. The Morgan fingerprint density at radius 1 is 1.31 bits per heavy atom. The topological polar surface area (TPSA) is 41.1 Å². The van der Waals surface area contributed by atoms with Crippen molar-refractivity contribution in [3.05, 3.63) is 0 Å². The number of nitrogens with one attached hydrogen (secondary N) is 2. The van der Waals surface area contributed by atoms with Gasteiger partial charge in [-0.15, -0.1) is 0 Å². The fourth-order valence-electron chi connectivity index (χ4n) is 3.12. The zero-order valence-corrected chi connectivity index (χ0v) is 10.6. The summed E-state index contributed by atoms with van der Waals surface area (Å²) in [7, 11) is 0. The summed E-state index contributed by atoms with van der Waals surface area (Å²) in [6, 6.07) is 0. The van der Waals surface area contributed by atoms with Crippen molar-refractivity contribution >= 4 is 5.91 Å². The minimum absolute atomic E-state index is 0.0121. The summed E-state index contributed by atoms with van der Waals surface area (Å²) in [4.78, 5) is 12.4. The van der Waals surface area contributed by atoms with Crippen LogP contribution in [0.1, 0.15) is 52.4 Å². The molecule has 3 heteroatoms. The summed E-state index contributed by atoms with van der Waals surface area (Å²) in [5, 5.41) is 6.61. The third kappa shape index (κ3) is 2.10. The van der Waals surface area contributed by atoms with Gasteiger partial charge in [-0.1, -0.05) is 19.8 Å². The highest BCUT2D eigenvalue weighted by Gasteiger charge is 2.42. The molecule has 2 N–H and O–H groups in total. The molecule has 1 heterocycles. The van der Waals surface area contributed by atoms with Gasteiger partial charge in [0.25, 0.3) is 0 Å². The Labute approximate surface area is 98.4 Å². The maximum atomic E-state index is 12.4. The van der Waals surface area contributed by atoms with Crippen molar-refractivity contribution in [1.29, 1.82) is 0 Å². The second kappa shape index (κ2) is 4.36. The van der Waals surface area contributed by atoms with E-state index in [0.717, 1.165) is 38.8 Å². The van der Waals surface area contributed by atoms with Crippen LogP contribution in [0.3, 0.4) is 0 Å². The molecule has 1 saturated carbocycles. The zero-order valence-electron chi connectivity index (χ0n) is 10.6. The first-order valence-corrected chi connectivity index (χ1v) is 6.64. The van der Waals surface area contributed by atoms with Gasteiger partial charge in [0.15, 0.2) is 0 Å². The van der Waals surface area contributed by atoms with Gasteiger partial charge in [-0.05, 0) is 39.2 Å². The molecule has 1 aliphatic heterocycles. The van der Waals surface area contributed by atoms with E-state index in [9.17, 15) is 4.79 Å². The number of rotatable bonds is 3. The molecule has 2 rings (SSSR count). The van der Waals surface area contributed by atoms with Gasteiger partial charge in [-0.2, -0.15) is 0 Å². The number of hydrogen-bond acceptors (Lipinski definition) is 2. The third-order valence-corrected chi connectivity index (χ3v) is 4.50. The van der Waals surface area contributed by atoms with Gasteiger partial charge in [-0.3, -0.25) is 4.79 Å². The van der Waals surface area contributed by atoms with Crippen LogP contribution >= 0.6 is 0 Å². The highest BCUT2D eigenvalue weighted by atomic mass is 16.2. The molecule has 1 saturated heterocycles. The molecule has 16 heavy (non-hydrogen) atoms. The van der Waals surface area contributed by atoms with Gasteiger partial charge in [0.2, 0.25) is 5.91 Å². The second-order valence-electron chi connectivity index (χ2n) is 5.78. The zero-order chi connectivity index (χ0) is 11.6. The molecule has 2 aliphatic rings. The van der Waals surface area contributed by atoms with E-state index < -0.39 is 0 Å². The molecule has 0 aromatic carbocycles. The minimum atomic E-state index is -0.0500. The molecule has 0 aromatic rings. The predicted octanol–water partition coefficient (Wildman–Crippen LogP) is 1.82. The summed E-state index contributed by atoms with van der Waals surface area (Å²) >= 11 is 0. The number of carbonyl (C=O) groups excluding carboxylic acids is 1. The lowest BCUT2D eigenvalue weighted by atomic mass is 9.81. The van der Waals surface area contributed by atoms with E-state index in [1.54, 1.807) is 0 Å². The van der Waals surface area contributed by atoms with Crippen molar-refractivity contribution in [1.82, 2.24) is 10.6 Å². The largest absolute Gasteiger partial charge is 0.349 e. The molecule has 1 atom stereocenters. The van der Waals surface area contributed by atoms with Crippen LogP contribution in [0.4, 0.5) is 0 Å². The monoisotopic (exact) mass is 224 g/mol. The number of hydrogen-bond donors (Lipinski definition) is 2. The average molecular weight is 224 g/mol. The Morgan fingerprint density at radius 3 is 2.50 bits per heavy atom. The third-order valence-electron chi connectivity index (χ3n) is 4.50. The first kappa shape index (κ1) is 11.9. The molecule has 92 valence electrons. The van der Waals surface area contributed by atoms with Gasteiger partial charge in [0, 0.05) is 12.0 Å². The van der Waals surface area contributed by atoms with Gasteiger partial charge < -0.3 is 10.6 Å².